The van der Waals surface area contributed by atoms with Gasteiger partial charge in [0.2, 0.25) is 5.89 Å². The Labute approximate surface area is 185 Å². The van der Waals surface area contributed by atoms with Gasteiger partial charge in [0.25, 0.3) is 5.91 Å². The number of carbonyl (C=O) groups excluding carboxylic acids is 1. The molecule has 1 atom stereocenters. The molecule has 4 rings (SSSR count). The van der Waals surface area contributed by atoms with Gasteiger partial charge in [0.1, 0.15) is 23.3 Å². The number of amides is 1. The second-order valence-electron chi connectivity index (χ2n) is 8.63. The minimum atomic E-state index is 0. The monoisotopic (exact) mass is 422 g/mol. The van der Waals surface area contributed by atoms with Gasteiger partial charge < -0.3 is 19.6 Å². The van der Waals surface area contributed by atoms with E-state index >= 15 is 0 Å². The second kappa shape index (κ2) is 9.52. The third-order valence-electron chi connectivity index (χ3n) is 5.79. The van der Waals surface area contributed by atoms with Crippen LogP contribution in [0.1, 0.15) is 57.1 Å². The van der Waals surface area contributed by atoms with Crippen molar-refractivity contribution in [1.82, 2.24) is 20.2 Å². The van der Waals surface area contributed by atoms with Gasteiger partial charge in [-0.25, -0.2) is 4.98 Å². The Morgan fingerprint density at radius 1 is 1.19 bits per heavy atom. The maximum atomic E-state index is 13.2. The van der Waals surface area contributed by atoms with Crippen molar-refractivity contribution in [2.45, 2.75) is 47.1 Å². The van der Waals surface area contributed by atoms with E-state index in [1.807, 2.05) is 41.3 Å². The lowest BCUT2D eigenvalue weighted by atomic mass is 10.0. The number of rotatable bonds is 5. The third-order valence-corrected chi connectivity index (χ3v) is 5.79. The first-order chi connectivity index (χ1) is 14.4. The summed E-state index contributed by atoms with van der Waals surface area (Å²) < 4.78 is 5.81. The third kappa shape index (κ3) is 4.74. The van der Waals surface area contributed by atoms with Crippen molar-refractivity contribution < 1.29 is 9.21 Å². The molecule has 0 bridgehead atoms. The number of benzene rings is 1. The number of nitrogens with one attached hydrogen (secondary N) is 2. The van der Waals surface area contributed by atoms with Crippen molar-refractivity contribution in [2.75, 3.05) is 19.6 Å². The largest absolute Gasteiger partial charge is 0.443 e. The minimum Gasteiger partial charge on any atom is -0.443 e. The van der Waals surface area contributed by atoms with E-state index in [4.69, 9.17) is 4.42 Å². The lowest BCUT2D eigenvalue weighted by molar-refractivity contribution is 0.0678. The van der Waals surface area contributed by atoms with Crippen molar-refractivity contribution in [3.63, 3.8) is 0 Å². The summed E-state index contributed by atoms with van der Waals surface area (Å²) in [5, 5.41) is 3.50. The lowest BCUT2D eigenvalue weighted by Crippen LogP contribution is -2.54. The summed E-state index contributed by atoms with van der Waals surface area (Å²) >= 11 is 0. The van der Waals surface area contributed by atoms with Gasteiger partial charge in [-0.15, -0.1) is 0 Å². The summed E-state index contributed by atoms with van der Waals surface area (Å²) in [6.45, 7) is 10.8. The van der Waals surface area contributed by atoms with Crippen LogP contribution in [0.4, 0.5) is 0 Å². The Balaban J connectivity index is 0.00000272. The zero-order valence-corrected chi connectivity index (χ0v) is 18.1. The predicted molar refractivity (Wildman–Crippen MR) is 125 cm³/mol. The summed E-state index contributed by atoms with van der Waals surface area (Å²) in [5.74, 6) is 1.26. The molecular weight excluding hydrogens is 388 g/mol. The Hall–Kier alpha value is -2.86. The van der Waals surface area contributed by atoms with Crippen LogP contribution in [0.3, 0.4) is 0 Å². The van der Waals surface area contributed by atoms with E-state index in [-0.39, 0.29) is 19.3 Å². The maximum absolute atomic E-state index is 13.2. The minimum absolute atomic E-state index is 0. The molecule has 1 aliphatic rings. The molecule has 3 aromatic rings. The van der Waals surface area contributed by atoms with Gasteiger partial charge >= 0.3 is 0 Å². The molecule has 0 spiro atoms. The molecule has 0 unspecified atom stereocenters. The van der Waals surface area contributed by atoms with Gasteiger partial charge in [-0.3, -0.25) is 4.79 Å². The predicted octanol–water partition coefficient (Wildman–Crippen LogP) is 5.17. The molecule has 1 aromatic carbocycles. The number of H-pyrrole nitrogens is 1. The highest BCUT2D eigenvalue weighted by Crippen LogP contribution is 2.31. The fraction of sp³-hybridized carbons (Fsp3) is 0.440. The number of aromatic nitrogens is 2. The van der Waals surface area contributed by atoms with Crippen molar-refractivity contribution in [3.05, 3.63) is 53.9 Å². The summed E-state index contributed by atoms with van der Waals surface area (Å²) in [5.41, 5.74) is 4.20. The molecule has 0 aliphatic carbocycles. The molecule has 1 amide bonds. The highest BCUT2D eigenvalue weighted by Gasteiger charge is 2.28. The quantitative estimate of drug-likeness (QED) is 0.595. The van der Waals surface area contributed by atoms with Crippen LogP contribution in [-0.2, 0) is 0 Å². The number of hydrogen-bond acceptors (Lipinski definition) is 4. The molecule has 166 valence electrons. The number of carbonyl (C=O) groups is 1. The van der Waals surface area contributed by atoms with E-state index < -0.39 is 0 Å². The van der Waals surface area contributed by atoms with Crippen molar-refractivity contribution in [1.29, 1.82) is 0 Å². The van der Waals surface area contributed by atoms with Gasteiger partial charge in [-0.2, -0.15) is 0 Å². The molecule has 2 aromatic heterocycles. The number of oxazole rings is 1. The standard InChI is InChI=1S/C24H30N4O2.CH4/c1-15(2)18-12-19(24(29)28-11-10-25-20(13-28)16(3)4)26-22(18)23-27-21(14-30-23)17-8-6-5-7-9-17;/h5-9,12,14-16,20,25-26H,10-11,13H2,1-4H3;1H4/t20-;/m1./s1. The highest BCUT2D eigenvalue weighted by molar-refractivity contribution is 5.94. The topological polar surface area (TPSA) is 74.2 Å². The molecule has 1 saturated heterocycles. The maximum Gasteiger partial charge on any atom is 0.270 e. The second-order valence-corrected chi connectivity index (χ2v) is 8.63. The first-order valence-electron chi connectivity index (χ1n) is 10.7. The molecule has 31 heavy (non-hydrogen) atoms. The number of aromatic amines is 1. The van der Waals surface area contributed by atoms with E-state index in [2.05, 4.69) is 43.0 Å². The zero-order valence-electron chi connectivity index (χ0n) is 18.1. The van der Waals surface area contributed by atoms with E-state index in [9.17, 15) is 4.79 Å². The molecule has 3 heterocycles. The van der Waals surface area contributed by atoms with Crippen LogP contribution in [0, 0.1) is 5.92 Å². The Bertz CT molecular complexity index is 1000. The van der Waals surface area contributed by atoms with Gasteiger partial charge in [-0.05, 0) is 23.5 Å². The van der Waals surface area contributed by atoms with Gasteiger partial charge in [-0.1, -0.05) is 65.5 Å². The highest BCUT2D eigenvalue weighted by atomic mass is 16.3. The smallest absolute Gasteiger partial charge is 0.270 e. The SMILES string of the molecule is C.CC(C)c1cc(C(=O)N2CCN[C@@H](C(C)C)C2)[nH]c1-c1nc(-c2ccccc2)co1. The van der Waals surface area contributed by atoms with E-state index in [0.717, 1.165) is 35.6 Å². The average Bonchev–Trinajstić information content (AvgIpc) is 3.41. The van der Waals surface area contributed by atoms with Crippen LogP contribution in [0.25, 0.3) is 22.8 Å². The molecular formula is C25H34N4O2. The van der Waals surface area contributed by atoms with Gasteiger partial charge in [0, 0.05) is 31.2 Å². The van der Waals surface area contributed by atoms with E-state index in [1.165, 1.54) is 0 Å². The van der Waals surface area contributed by atoms with Crippen LogP contribution in [0.5, 0.6) is 0 Å². The van der Waals surface area contributed by atoms with Crippen LogP contribution in [0.15, 0.2) is 47.1 Å². The molecule has 6 nitrogen and oxygen atoms in total. The summed E-state index contributed by atoms with van der Waals surface area (Å²) in [6.07, 6.45) is 1.67. The summed E-state index contributed by atoms with van der Waals surface area (Å²) in [6, 6.07) is 12.2. The number of piperazine rings is 1. The fourth-order valence-electron chi connectivity index (χ4n) is 3.93. The van der Waals surface area contributed by atoms with Crippen LogP contribution < -0.4 is 5.32 Å². The van der Waals surface area contributed by atoms with Crippen molar-refractivity contribution >= 4 is 5.91 Å². The van der Waals surface area contributed by atoms with E-state index in [0.29, 0.717) is 30.1 Å². The Kier molecular flexibility index (Phi) is 7.01. The van der Waals surface area contributed by atoms with E-state index in [1.54, 1.807) is 6.26 Å². The molecule has 6 heteroatoms. The molecule has 0 radical (unpaired) electrons. The fourth-order valence-corrected chi connectivity index (χ4v) is 3.93. The average molecular weight is 423 g/mol. The molecule has 2 N–H and O–H groups in total. The molecule has 1 aliphatic heterocycles. The normalized spacial score (nSPS) is 16.6. The van der Waals surface area contributed by atoms with Gasteiger partial charge in [0.15, 0.2) is 0 Å². The first-order valence-corrected chi connectivity index (χ1v) is 10.7. The van der Waals surface area contributed by atoms with Crippen LogP contribution >= 0.6 is 0 Å². The first kappa shape index (κ1) is 22.8. The van der Waals surface area contributed by atoms with Gasteiger partial charge in [0.05, 0.1) is 0 Å². The Morgan fingerprint density at radius 2 is 1.94 bits per heavy atom. The van der Waals surface area contributed by atoms with Crippen LogP contribution in [0.2, 0.25) is 0 Å². The number of hydrogen-bond donors (Lipinski definition) is 2. The number of nitrogens with zero attached hydrogens (tertiary/aromatic N) is 2. The van der Waals surface area contributed by atoms with Crippen LogP contribution in [-0.4, -0.2) is 46.5 Å². The molecule has 0 saturated carbocycles. The summed E-state index contributed by atoms with van der Waals surface area (Å²) in [7, 11) is 0. The lowest BCUT2D eigenvalue weighted by Gasteiger charge is -2.35. The zero-order chi connectivity index (χ0) is 21.3. The Morgan fingerprint density at radius 3 is 2.61 bits per heavy atom. The van der Waals surface area contributed by atoms with Crippen molar-refractivity contribution in [3.8, 4) is 22.8 Å². The van der Waals surface area contributed by atoms with Crippen molar-refractivity contribution in [2.24, 2.45) is 5.92 Å². The molecule has 1 fully saturated rings. The summed E-state index contributed by atoms with van der Waals surface area (Å²) in [4.78, 5) is 23.2.